The minimum atomic E-state index is 0.0321. The van der Waals surface area contributed by atoms with Crippen LogP contribution in [0, 0.1) is 0 Å². The molecule has 2 aromatic rings. The van der Waals surface area contributed by atoms with Crippen molar-refractivity contribution in [3.05, 3.63) is 30.5 Å². The summed E-state index contributed by atoms with van der Waals surface area (Å²) in [7, 11) is 1.68. The minimum Gasteiger partial charge on any atom is -0.497 e. The molecule has 100 valence electrons. The van der Waals surface area contributed by atoms with Gasteiger partial charge >= 0.3 is 0 Å². The van der Waals surface area contributed by atoms with Crippen molar-refractivity contribution in [1.29, 1.82) is 0 Å². The zero-order chi connectivity index (χ0) is 13.3. The molecule has 0 radical (unpaired) electrons. The Morgan fingerprint density at radius 3 is 2.84 bits per heavy atom. The van der Waals surface area contributed by atoms with Crippen molar-refractivity contribution >= 4 is 16.6 Å². The summed E-state index contributed by atoms with van der Waals surface area (Å²) in [5, 5.41) is 5.79. The number of rotatable bonds is 4. The Morgan fingerprint density at radius 2 is 2.21 bits per heavy atom. The van der Waals surface area contributed by atoms with Crippen molar-refractivity contribution in [2.45, 2.75) is 24.8 Å². The maximum atomic E-state index is 5.90. The Hall–Kier alpha value is -1.81. The van der Waals surface area contributed by atoms with Crippen LogP contribution in [0.15, 0.2) is 30.5 Å². The van der Waals surface area contributed by atoms with Gasteiger partial charge in [0.15, 0.2) is 0 Å². The number of benzene rings is 1. The Morgan fingerprint density at radius 1 is 1.37 bits per heavy atom. The number of nitrogens with zero attached hydrogens (tertiary/aromatic N) is 1. The van der Waals surface area contributed by atoms with Gasteiger partial charge in [-0.25, -0.2) is 4.98 Å². The van der Waals surface area contributed by atoms with Crippen molar-refractivity contribution in [3.63, 3.8) is 0 Å². The van der Waals surface area contributed by atoms with Crippen molar-refractivity contribution in [1.82, 2.24) is 4.98 Å². The quantitative estimate of drug-likeness (QED) is 0.883. The summed E-state index contributed by atoms with van der Waals surface area (Å²) in [5.74, 6) is 1.75. The van der Waals surface area contributed by atoms with Gasteiger partial charge in [-0.15, -0.1) is 0 Å². The summed E-state index contributed by atoms with van der Waals surface area (Å²) in [6.45, 7) is 0.648. The molecular formula is C15H19N3O. The second-order valence-corrected chi connectivity index (χ2v) is 5.21. The molecule has 1 aliphatic carbocycles. The first-order chi connectivity index (χ1) is 9.26. The van der Waals surface area contributed by atoms with Gasteiger partial charge in [-0.1, -0.05) is 6.07 Å². The summed E-state index contributed by atoms with van der Waals surface area (Å²) in [5.41, 5.74) is 5.93. The zero-order valence-corrected chi connectivity index (χ0v) is 11.1. The molecule has 0 bridgehead atoms. The highest BCUT2D eigenvalue weighted by Crippen LogP contribution is 2.36. The van der Waals surface area contributed by atoms with Crippen LogP contribution in [0.1, 0.15) is 19.3 Å². The van der Waals surface area contributed by atoms with Gasteiger partial charge in [0, 0.05) is 18.1 Å². The third kappa shape index (κ3) is 2.12. The second-order valence-electron chi connectivity index (χ2n) is 5.21. The Bertz CT molecular complexity index is 587. The molecular weight excluding hydrogens is 238 g/mol. The van der Waals surface area contributed by atoms with Crippen molar-refractivity contribution in [2.24, 2.45) is 5.73 Å². The summed E-state index contributed by atoms with van der Waals surface area (Å²) in [6.07, 6.45) is 5.30. The van der Waals surface area contributed by atoms with Gasteiger partial charge < -0.3 is 15.8 Å². The lowest BCUT2D eigenvalue weighted by Gasteiger charge is -2.42. The first-order valence-corrected chi connectivity index (χ1v) is 6.67. The van der Waals surface area contributed by atoms with Crippen LogP contribution < -0.4 is 15.8 Å². The number of aromatic nitrogens is 1. The van der Waals surface area contributed by atoms with E-state index in [0.717, 1.165) is 35.2 Å². The molecule has 0 aliphatic heterocycles. The summed E-state index contributed by atoms with van der Waals surface area (Å²) in [4.78, 5) is 4.47. The van der Waals surface area contributed by atoms with Crippen LogP contribution in [0.5, 0.6) is 5.75 Å². The standard InChI is InChI=1S/C15H19N3O/c1-19-12-4-3-11-5-8-17-14(13(11)9-12)18-15(10-16)6-2-7-15/h3-5,8-9H,2,6-7,10,16H2,1H3,(H,17,18). The number of pyridine rings is 1. The third-order valence-electron chi connectivity index (χ3n) is 4.06. The lowest BCUT2D eigenvalue weighted by Crippen LogP contribution is -2.51. The molecule has 19 heavy (non-hydrogen) atoms. The molecule has 1 aromatic carbocycles. The first-order valence-electron chi connectivity index (χ1n) is 6.67. The number of fused-ring (bicyclic) bond motifs is 1. The first kappa shape index (κ1) is 12.2. The van der Waals surface area contributed by atoms with Crippen LogP contribution in [0.25, 0.3) is 10.8 Å². The van der Waals surface area contributed by atoms with Crippen LogP contribution in [0.3, 0.4) is 0 Å². The molecule has 0 atom stereocenters. The molecule has 1 saturated carbocycles. The molecule has 0 spiro atoms. The van der Waals surface area contributed by atoms with Gasteiger partial charge in [0.1, 0.15) is 11.6 Å². The van der Waals surface area contributed by atoms with E-state index in [1.54, 1.807) is 7.11 Å². The molecule has 3 N–H and O–H groups in total. The highest BCUT2D eigenvalue weighted by Gasteiger charge is 2.36. The number of nitrogens with one attached hydrogen (secondary N) is 1. The van der Waals surface area contributed by atoms with E-state index in [-0.39, 0.29) is 5.54 Å². The topological polar surface area (TPSA) is 60.2 Å². The summed E-state index contributed by atoms with van der Waals surface area (Å²) in [6, 6.07) is 8.05. The fraction of sp³-hybridized carbons (Fsp3) is 0.400. The van der Waals surface area contributed by atoms with Crippen LogP contribution in [0.2, 0.25) is 0 Å². The highest BCUT2D eigenvalue weighted by atomic mass is 16.5. The zero-order valence-electron chi connectivity index (χ0n) is 11.1. The monoisotopic (exact) mass is 257 g/mol. The van der Waals surface area contributed by atoms with Crippen LogP contribution in [-0.4, -0.2) is 24.2 Å². The number of hydrogen-bond donors (Lipinski definition) is 2. The number of nitrogens with two attached hydrogens (primary N) is 1. The van der Waals surface area contributed by atoms with E-state index in [0.29, 0.717) is 6.54 Å². The fourth-order valence-corrected chi connectivity index (χ4v) is 2.61. The SMILES string of the molecule is COc1ccc2ccnc(NC3(CN)CCC3)c2c1. The van der Waals surface area contributed by atoms with E-state index in [1.807, 2.05) is 24.4 Å². The van der Waals surface area contributed by atoms with Crippen molar-refractivity contribution in [3.8, 4) is 5.75 Å². The normalized spacial score (nSPS) is 16.9. The Balaban J connectivity index is 2.02. The van der Waals surface area contributed by atoms with Crippen LogP contribution >= 0.6 is 0 Å². The van der Waals surface area contributed by atoms with E-state index in [4.69, 9.17) is 10.5 Å². The van der Waals surface area contributed by atoms with Gasteiger partial charge in [-0.05, 0) is 42.8 Å². The van der Waals surface area contributed by atoms with E-state index in [1.165, 1.54) is 6.42 Å². The maximum absolute atomic E-state index is 5.90. The molecule has 4 heteroatoms. The second kappa shape index (κ2) is 4.70. The number of methoxy groups -OCH3 is 1. The molecule has 1 aromatic heterocycles. The third-order valence-corrected chi connectivity index (χ3v) is 4.06. The lowest BCUT2D eigenvalue weighted by molar-refractivity contribution is 0.287. The molecule has 0 amide bonds. The highest BCUT2D eigenvalue weighted by molar-refractivity contribution is 5.93. The minimum absolute atomic E-state index is 0.0321. The van der Waals surface area contributed by atoms with Gasteiger partial charge in [0.25, 0.3) is 0 Å². The molecule has 0 unspecified atom stereocenters. The lowest BCUT2D eigenvalue weighted by atomic mass is 9.77. The fourth-order valence-electron chi connectivity index (χ4n) is 2.61. The van der Waals surface area contributed by atoms with E-state index in [2.05, 4.69) is 16.4 Å². The predicted octanol–water partition coefficient (Wildman–Crippen LogP) is 2.54. The molecule has 0 saturated heterocycles. The van der Waals surface area contributed by atoms with Gasteiger partial charge in [0.2, 0.25) is 0 Å². The molecule has 3 rings (SSSR count). The molecule has 4 nitrogen and oxygen atoms in total. The average molecular weight is 257 g/mol. The number of anilines is 1. The Labute approximate surface area is 113 Å². The summed E-state index contributed by atoms with van der Waals surface area (Å²) >= 11 is 0. The molecule has 1 fully saturated rings. The summed E-state index contributed by atoms with van der Waals surface area (Å²) < 4.78 is 5.29. The van der Waals surface area contributed by atoms with E-state index in [9.17, 15) is 0 Å². The molecule has 1 heterocycles. The average Bonchev–Trinajstić information content (AvgIpc) is 2.42. The van der Waals surface area contributed by atoms with Crippen molar-refractivity contribution in [2.75, 3.05) is 19.0 Å². The molecule has 1 aliphatic rings. The number of ether oxygens (including phenoxy) is 1. The van der Waals surface area contributed by atoms with Crippen LogP contribution in [-0.2, 0) is 0 Å². The van der Waals surface area contributed by atoms with Crippen molar-refractivity contribution < 1.29 is 4.74 Å². The van der Waals surface area contributed by atoms with Gasteiger partial charge in [-0.3, -0.25) is 0 Å². The van der Waals surface area contributed by atoms with E-state index >= 15 is 0 Å². The van der Waals surface area contributed by atoms with Gasteiger partial charge in [-0.2, -0.15) is 0 Å². The predicted molar refractivity (Wildman–Crippen MR) is 77.6 cm³/mol. The smallest absolute Gasteiger partial charge is 0.134 e. The van der Waals surface area contributed by atoms with E-state index < -0.39 is 0 Å². The van der Waals surface area contributed by atoms with Crippen LogP contribution in [0.4, 0.5) is 5.82 Å². The Kier molecular flexibility index (Phi) is 3.03. The number of hydrogen-bond acceptors (Lipinski definition) is 4. The largest absolute Gasteiger partial charge is 0.497 e. The maximum Gasteiger partial charge on any atom is 0.134 e. The van der Waals surface area contributed by atoms with Gasteiger partial charge in [0.05, 0.1) is 12.6 Å².